The van der Waals surface area contributed by atoms with Gasteiger partial charge in [-0.15, -0.1) is 4.28 Å². The molecule has 1 heterocycles. The van der Waals surface area contributed by atoms with Crippen LogP contribution in [0.5, 0.6) is 11.5 Å². The van der Waals surface area contributed by atoms with Crippen molar-refractivity contribution in [3.63, 3.8) is 0 Å². The molecule has 0 radical (unpaired) electrons. The minimum absolute atomic E-state index is 0.0300. The Balaban J connectivity index is 2.13. The molecule has 3 rings (SSSR count). The SMILES string of the molecule is CCCc1cccc2c1N(OS(=O)(=O)CCC)c1ccccc1O2. The molecule has 0 atom stereocenters. The van der Waals surface area contributed by atoms with Gasteiger partial charge in [-0.1, -0.05) is 44.5 Å². The van der Waals surface area contributed by atoms with E-state index < -0.39 is 10.1 Å². The lowest BCUT2D eigenvalue weighted by atomic mass is 10.1. The minimum Gasteiger partial charge on any atom is -0.453 e. The van der Waals surface area contributed by atoms with E-state index in [0.717, 1.165) is 18.4 Å². The van der Waals surface area contributed by atoms with E-state index in [1.165, 1.54) is 5.06 Å². The highest BCUT2D eigenvalue weighted by atomic mass is 32.2. The van der Waals surface area contributed by atoms with Gasteiger partial charge in [0.15, 0.2) is 11.5 Å². The fourth-order valence-electron chi connectivity index (χ4n) is 2.78. The summed E-state index contributed by atoms with van der Waals surface area (Å²) in [5.41, 5.74) is 2.25. The summed E-state index contributed by atoms with van der Waals surface area (Å²) >= 11 is 0. The second-order valence-electron chi connectivity index (χ2n) is 5.71. The second-order valence-corrected chi connectivity index (χ2v) is 7.39. The number of hydrogen-bond acceptors (Lipinski definition) is 5. The average Bonchev–Trinajstić information content (AvgIpc) is 2.54. The Bertz CT molecular complexity index is 833. The summed E-state index contributed by atoms with van der Waals surface area (Å²) in [4.78, 5) is 0. The number of nitrogens with zero attached hydrogens (tertiary/aromatic N) is 1. The number of fused-ring (bicyclic) bond motifs is 2. The molecule has 24 heavy (non-hydrogen) atoms. The van der Waals surface area contributed by atoms with Crippen molar-refractivity contribution < 1.29 is 17.4 Å². The first-order valence-electron chi connectivity index (χ1n) is 8.17. The number of anilines is 2. The van der Waals surface area contributed by atoms with E-state index >= 15 is 0 Å². The molecule has 0 bridgehead atoms. The molecule has 5 nitrogen and oxygen atoms in total. The molecule has 1 aliphatic rings. The molecule has 0 saturated carbocycles. The third-order valence-corrected chi connectivity index (χ3v) is 5.04. The van der Waals surface area contributed by atoms with Gasteiger partial charge >= 0.3 is 0 Å². The maximum Gasteiger partial charge on any atom is 0.288 e. The highest BCUT2D eigenvalue weighted by Crippen LogP contribution is 2.48. The van der Waals surface area contributed by atoms with Crippen molar-refractivity contribution in [2.45, 2.75) is 33.1 Å². The predicted molar refractivity (Wildman–Crippen MR) is 94.3 cm³/mol. The van der Waals surface area contributed by atoms with Gasteiger partial charge < -0.3 is 4.74 Å². The van der Waals surface area contributed by atoms with E-state index in [0.29, 0.717) is 29.3 Å². The molecule has 0 saturated heterocycles. The van der Waals surface area contributed by atoms with Crippen LogP contribution in [-0.2, 0) is 20.8 Å². The van der Waals surface area contributed by atoms with Crippen LogP contribution in [0.1, 0.15) is 32.3 Å². The molecule has 1 aliphatic heterocycles. The molecule has 2 aromatic rings. The van der Waals surface area contributed by atoms with Crippen molar-refractivity contribution in [3.05, 3.63) is 48.0 Å². The van der Waals surface area contributed by atoms with Crippen LogP contribution >= 0.6 is 0 Å². The first kappa shape index (κ1) is 16.8. The molecule has 0 aliphatic carbocycles. The number of rotatable bonds is 6. The maximum atomic E-state index is 12.3. The Hall–Kier alpha value is -2.05. The lowest BCUT2D eigenvalue weighted by molar-refractivity contribution is 0.307. The summed E-state index contributed by atoms with van der Waals surface area (Å²) in [5.74, 6) is 1.15. The summed E-state index contributed by atoms with van der Waals surface area (Å²) in [6.45, 7) is 3.89. The largest absolute Gasteiger partial charge is 0.453 e. The zero-order valence-electron chi connectivity index (χ0n) is 13.9. The molecule has 0 fully saturated rings. The van der Waals surface area contributed by atoms with Gasteiger partial charge in [0.25, 0.3) is 10.1 Å². The molecule has 128 valence electrons. The smallest absolute Gasteiger partial charge is 0.288 e. The topological polar surface area (TPSA) is 55.8 Å². The molecular formula is C18H21NO4S. The molecule has 0 N–H and O–H groups in total. The van der Waals surface area contributed by atoms with Crippen molar-refractivity contribution in [1.82, 2.24) is 0 Å². The van der Waals surface area contributed by atoms with Crippen LogP contribution in [0.25, 0.3) is 0 Å². The van der Waals surface area contributed by atoms with E-state index in [1.54, 1.807) is 12.1 Å². The lowest BCUT2D eigenvalue weighted by Crippen LogP contribution is -2.27. The van der Waals surface area contributed by atoms with Crippen molar-refractivity contribution in [1.29, 1.82) is 0 Å². The van der Waals surface area contributed by atoms with Crippen LogP contribution in [0.4, 0.5) is 11.4 Å². The Morgan fingerprint density at radius 2 is 1.75 bits per heavy atom. The van der Waals surface area contributed by atoms with Crippen LogP contribution in [-0.4, -0.2) is 14.2 Å². The minimum atomic E-state index is -3.68. The summed E-state index contributed by atoms with van der Waals surface area (Å²) in [7, 11) is -3.68. The molecule has 0 amide bonds. The third kappa shape index (κ3) is 3.25. The highest BCUT2D eigenvalue weighted by Gasteiger charge is 2.30. The van der Waals surface area contributed by atoms with Crippen LogP contribution in [0, 0.1) is 0 Å². The normalized spacial score (nSPS) is 13.2. The number of benzene rings is 2. The Labute approximate surface area is 142 Å². The summed E-state index contributed by atoms with van der Waals surface area (Å²) in [6, 6.07) is 13.0. The number of para-hydroxylation sites is 3. The quantitative estimate of drug-likeness (QED) is 0.767. The van der Waals surface area contributed by atoms with Gasteiger partial charge in [0.2, 0.25) is 0 Å². The van der Waals surface area contributed by atoms with Crippen molar-refractivity contribution in [2.24, 2.45) is 0 Å². The molecule has 0 aromatic heterocycles. The number of aryl methyl sites for hydroxylation is 1. The fourth-order valence-corrected chi connectivity index (χ4v) is 3.74. The summed E-state index contributed by atoms with van der Waals surface area (Å²) in [6.07, 6.45) is 2.24. The number of ether oxygens (including phenoxy) is 1. The Kier molecular flexibility index (Phi) is 4.78. The molecular weight excluding hydrogens is 326 g/mol. The van der Waals surface area contributed by atoms with E-state index in [-0.39, 0.29) is 5.75 Å². The molecule has 0 spiro atoms. The highest BCUT2D eigenvalue weighted by molar-refractivity contribution is 7.86. The monoisotopic (exact) mass is 347 g/mol. The number of hydrogen-bond donors (Lipinski definition) is 0. The van der Waals surface area contributed by atoms with Gasteiger partial charge in [-0.2, -0.15) is 13.5 Å². The zero-order valence-corrected chi connectivity index (χ0v) is 14.7. The standard InChI is InChI=1S/C18H21NO4S/c1-3-8-14-9-7-12-17-18(14)19(23-24(20,21)13-4-2)15-10-5-6-11-16(15)22-17/h5-7,9-12H,3-4,8,13H2,1-2H3. The summed E-state index contributed by atoms with van der Waals surface area (Å²) in [5, 5.41) is 1.41. The van der Waals surface area contributed by atoms with E-state index in [9.17, 15) is 8.42 Å². The van der Waals surface area contributed by atoms with Gasteiger partial charge in [-0.05, 0) is 36.6 Å². The Morgan fingerprint density at radius 3 is 2.50 bits per heavy atom. The maximum absolute atomic E-state index is 12.3. The van der Waals surface area contributed by atoms with E-state index in [4.69, 9.17) is 9.02 Å². The van der Waals surface area contributed by atoms with Crippen molar-refractivity contribution in [2.75, 3.05) is 10.8 Å². The Morgan fingerprint density at radius 1 is 1.00 bits per heavy atom. The lowest BCUT2D eigenvalue weighted by Gasteiger charge is -2.32. The van der Waals surface area contributed by atoms with Gasteiger partial charge in [0.05, 0.1) is 5.75 Å². The van der Waals surface area contributed by atoms with Crippen LogP contribution < -0.4 is 9.80 Å². The van der Waals surface area contributed by atoms with Crippen molar-refractivity contribution >= 4 is 21.5 Å². The van der Waals surface area contributed by atoms with Crippen molar-refractivity contribution in [3.8, 4) is 11.5 Å². The molecule has 6 heteroatoms. The molecule has 0 unspecified atom stereocenters. The third-order valence-electron chi connectivity index (χ3n) is 3.75. The average molecular weight is 347 g/mol. The first-order valence-corrected chi connectivity index (χ1v) is 9.74. The van der Waals surface area contributed by atoms with Gasteiger partial charge in [0.1, 0.15) is 11.4 Å². The fraction of sp³-hybridized carbons (Fsp3) is 0.333. The van der Waals surface area contributed by atoms with Crippen LogP contribution in [0.3, 0.4) is 0 Å². The zero-order chi connectivity index (χ0) is 17.2. The predicted octanol–water partition coefficient (Wildman–Crippen LogP) is 4.55. The molecule has 2 aromatic carbocycles. The first-order chi connectivity index (χ1) is 11.6. The van der Waals surface area contributed by atoms with Crippen LogP contribution in [0.2, 0.25) is 0 Å². The summed E-state index contributed by atoms with van der Waals surface area (Å²) < 4.78 is 36.0. The van der Waals surface area contributed by atoms with Crippen LogP contribution in [0.15, 0.2) is 42.5 Å². The van der Waals surface area contributed by atoms with Gasteiger partial charge in [-0.3, -0.25) is 0 Å². The second kappa shape index (κ2) is 6.83. The van der Waals surface area contributed by atoms with Gasteiger partial charge in [0, 0.05) is 0 Å². The van der Waals surface area contributed by atoms with E-state index in [1.807, 2.05) is 37.3 Å². The van der Waals surface area contributed by atoms with E-state index in [2.05, 4.69) is 6.92 Å². The van der Waals surface area contributed by atoms with Gasteiger partial charge in [-0.25, -0.2) is 0 Å².